The predicted molar refractivity (Wildman–Crippen MR) is 169 cm³/mol. The Balaban J connectivity index is 1.08. The minimum absolute atomic E-state index is 0.184. The lowest BCUT2D eigenvalue weighted by Gasteiger charge is -2.35. The minimum Gasteiger partial charge on any atom is -0.376 e. The predicted octanol–water partition coefficient (Wildman–Crippen LogP) is 5.77. The molecule has 2 saturated heterocycles. The van der Waals surface area contributed by atoms with Gasteiger partial charge in [-0.2, -0.15) is 18.4 Å². The third-order valence-corrected chi connectivity index (χ3v) is 10.0. The number of nitrogens with one attached hydrogen (secondary N) is 1. The highest BCUT2D eigenvalue weighted by Crippen LogP contribution is 2.33. The molecule has 3 aromatic heterocycles. The lowest BCUT2D eigenvalue weighted by Crippen LogP contribution is -2.43. The minimum atomic E-state index is -4.25. The molecule has 8 nitrogen and oxygen atoms in total. The normalized spacial score (nSPS) is 17.5. The molecule has 0 atom stereocenters. The molecule has 2 aliphatic rings. The molecule has 0 spiro atoms. The van der Waals surface area contributed by atoms with Crippen molar-refractivity contribution in [2.24, 2.45) is 0 Å². The molecule has 44 heavy (non-hydrogen) atoms. The second-order valence-electron chi connectivity index (χ2n) is 12.0. The van der Waals surface area contributed by atoms with E-state index >= 15 is 0 Å². The molecule has 0 bridgehead atoms. The van der Waals surface area contributed by atoms with Gasteiger partial charge in [-0.3, -0.25) is 9.80 Å². The monoisotopic (exact) mass is 622 g/mol. The maximum atomic E-state index is 12.9. The maximum absolute atomic E-state index is 12.9. The number of rotatable bonds is 8. The largest absolute Gasteiger partial charge is 0.393 e. The van der Waals surface area contributed by atoms with Crippen molar-refractivity contribution in [1.82, 2.24) is 29.2 Å². The van der Waals surface area contributed by atoms with Gasteiger partial charge in [0, 0.05) is 86.9 Å². The Morgan fingerprint density at radius 2 is 1.86 bits per heavy atom. The van der Waals surface area contributed by atoms with Crippen LogP contribution in [-0.2, 0) is 19.5 Å². The molecule has 1 aromatic carbocycles. The van der Waals surface area contributed by atoms with Crippen molar-refractivity contribution < 1.29 is 13.2 Å². The summed E-state index contributed by atoms with van der Waals surface area (Å²) in [5.74, 6) is 0.606. The number of anilines is 1. The Bertz CT molecular complexity index is 1710. The Morgan fingerprint density at radius 3 is 2.59 bits per heavy atom. The standard InChI is InChI=1S/C32H37F3N8S/c1-21-18-42(11-10-40(21)3)12-13-43-25(17-36)14-27-22(2)23(4-5-29(27)43)19-41-8-6-24(7-9-41)39-30-28-15-26(16-32(33,34)35)44-31(28)38-20-37-30/h4-5,14-15,20,24H,1,6-13,16,18-19H2,2-3H3,(H,37,38,39). The van der Waals surface area contributed by atoms with Gasteiger partial charge < -0.3 is 14.8 Å². The number of likely N-dealkylation sites (tertiary alicyclic amines) is 1. The zero-order valence-electron chi connectivity index (χ0n) is 25.1. The topological polar surface area (TPSA) is 76.2 Å². The van der Waals surface area contributed by atoms with E-state index in [1.807, 2.05) is 6.07 Å². The highest BCUT2D eigenvalue weighted by Gasteiger charge is 2.29. The summed E-state index contributed by atoms with van der Waals surface area (Å²) < 4.78 is 40.9. The molecule has 0 unspecified atom stereocenters. The first kappa shape index (κ1) is 30.4. The summed E-state index contributed by atoms with van der Waals surface area (Å²) in [6.07, 6.45) is -1.98. The van der Waals surface area contributed by atoms with Crippen LogP contribution in [0.15, 0.2) is 42.9 Å². The first-order valence-corrected chi connectivity index (χ1v) is 15.8. The number of hydrogen-bond donors (Lipinski definition) is 1. The van der Waals surface area contributed by atoms with Crippen LogP contribution < -0.4 is 5.32 Å². The van der Waals surface area contributed by atoms with E-state index in [0.717, 1.165) is 93.1 Å². The first-order valence-electron chi connectivity index (χ1n) is 15.0. The van der Waals surface area contributed by atoms with Gasteiger partial charge in [0.25, 0.3) is 0 Å². The SMILES string of the molecule is C=C1CN(CCn2c(C#N)cc3c(C)c(CN4CCC(Nc5ncnc6sc(CC(F)(F)F)cc56)CC4)ccc32)CCN1C. The van der Waals surface area contributed by atoms with Gasteiger partial charge in [0.15, 0.2) is 0 Å². The number of halogens is 3. The second kappa shape index (κ2) is 12.4. The van der Waals surface area contributed by atoms with E-state index in [9.17, 15) is 18.4 Å². The first-order chi connectivity index (χ1) is 21.1. The van der Waals surface area contributed by atoms with Crippen LogP contribution in [0.3, 0.4) is 0 Å². The fourth-order valence-electron chi connectivity index (χ4n) is 6.34. The number of piperidine rings is 1. The summed E-state index contributed by atoms with van der Waals surface area (Å²) in [6.45, 7) is 13.4. The molecule has 0 radical (unpaired) electrons. The number of nitriles is 1. The fraction of sp³-hybridized carbons (Fsp3) is 0.469. The number of aromatic nitrogens is 3. The van der Waals surface area contributed by atoms with Crippen molar-refractivity contribution >= 4 is 38.3 Å². The van der Waals surface area contributed by atoms with Crippen LogP contribution in [0, 0.1) is 18.3 Å². The smallest absolute Gasteiger partial charge is 0.376 e. The molecule has 232 valence electrons. The summed E-state index contributed by atoms with van der Waals surface area (Å²) in [6, 6.07) is 10.5. The highest BCUT2D eigenvalue weighted by atomic mass is 32.1. The van der Waals surface area contributed by atoms with E-state index < -0.39 is 12.6 Å². The Hall–Kier alpha value is -3.66. The van der Waals surface area contributed by atoms with Gasteiger partial charge in [0.05, 0.1) is 11.8 Å². The molecule has 0 saturated carbocycles. The summed E-state index contributed by atoms with van der Waals surface area (Å²) in [5, 5.41) is 15.2. The summed E-state index contributed by atoms with van der Waals surface area (Å²) in [7, 11) is 2.08. The number of aryl methyl sites for hydroxylation is 1. The van der Waals surface area contributed by atoms with Crippen molar-refractivity contribution in [2.75, 3.05) is 51.6 Å². The molecule has 0 amide bonds. The lowest BCUT2D eigenvalue weighted by molar-refractivity contribution is -0.126. The average Bonchev–Trinajstić information content (AvgIpc) is 3.56. The number of hydrogen-bond acceptors (Lipinski definition) is 8. The van der Waals surface area contributed by atoms with Crippen LogP contribution in [0.25, 0.3) is 21.1 Å². The van der Waals surface area contributed by atoms with Gasteiger partial charge in [0.1, 0.15) is 28.7 Å². The molecule has 2 aliphatic heterocycles. The quantitative estimate of drug-likeness (QED) is 0.268. The number of nitrogens with zero attached hydrogens (tertiary/aromatic N) is 7. The second-order valence-corrected chi connectivity index (χ2v) is 13.1. The molecular weight excluding hydrogens is 585 g/mol. The van der Waals surface area contributed by atoms with E-state index in [0.29, 0.717) is 21.7 Å². The van der Waals surface area contributed by atoms with E-state index in [4.69, 9.17) is 0 Å². The molecule has 4 aromatic rings. The van der Waals surface area contributed by atoms with Gasteiger partial charge in [-0.05, 0) is 49.1 Å². The van der Waals surface area contributed by atoms with Gasteiger partial charge in [-0.15, -0.1) is 11.3 Å². The summed E-state index contributed by atoms with van der Waals surface area (Å²) in [5.41, 5.74) is 5.38. The summed E-state index contributed by atoms with van der Waals surface area (Å²) >= 11 is 1.07. The van der Waals surface area contributed by atoms with Crippen LogP contribution in [0.2, 0.25) is 0 Å². The van der Waals surface area contributed by atoms with E-state index in [1.54, 1.807) is 6.07 Å². The van der Waals surface area contributed by atoms with Gasteiger partial charge in [0.2, 0.25) is 0 Å². The Kier molecular flexibility index (Phi) is 8.55. The van der Waals surface area contributed by atoms with Crippen LogP contribution in [0.4, 0.5) is 19.0 Å². The molecule has 5 heterocycles. The number of thiophene rings is 1. The van der Waals surface area contributed by atoms with E-state index in [2.05, 4.69) is 73.3 Å². The fourth-order valence-corrected chi connectivity index (χ4v) is 7.37. The molecule has 2 fully saturated rings. The zero-order chi connectivity index (χ0) is 31.0. The highest BCUT2D eigenvalue weighted by molar-refractivity contribution is 7.18. The Labute approximate surface area is 259 Å². The number of benzene rings is 1. The third-order valence-electron chi connectivity index (χ3n) is 9.00. The van der Waals surface area contributed by atoms with Crippen molar-refractivity contribution in [3.05, 3.63) is 64.6 Å². The molecule has 12 heteroatoms. The maximum Gasteiger partial charge on any atom is 0.393 e. The van der Waals surface area contributed by atoms with Crippen LogP contribution in [0.1, 0.15) is 34.5 Å². The number of fused-ring (bicyclic) bond motifs is 2. The average molecular weight is 623 g/mol. The zero-order valence-corrected chi connectivity index (χ0v) is 25.9. The molecule has 1 N–H and O–H groups in total. The van der Waals surface area contributed by atoms with Crippen LogP contribution in [0.5, 0.6) is 0 Å². The molecular formula is C32H37F3N8S. The van der Waals surface area contributed by atoms with Crippen molar-refractivity contribution in [1.29, 1.82) is 5.26 Å². The van der Waals surface area contributed by atoms with Gasteiger partial charge in [-0.25, -0.2) is 9.97 Å². The van der Waals surface area contributed by atoms with Crippen molar-refractivity contribution in [3.8, 4) is 6.07 Å². The molecule has 0 aliphatic carbocycles. The number of alkyl halides is 3. The van der Waals surface area contributed by atoms with E-state index in [1.165, 1.54) is 17.5 Å². The van der Waals surface area contributed by atoms with Crippen molar-refractivity contribution in [2.45, 2.75) is 51.5 Å². The lowest BCUT2D eigenvalue weighted by atomic mass is 10.0. The number of likely N-dealkylation sites (N-methyl/N-ethyl adjacent to an activating group) is 1. The van der Waals surface area contributed by atoms with Crippen LogP contribution >= 0.6 is 11.3 Å². The Morgan fingerprint density at radius 1 is 1.07 bits per heavy atom. The van der Waals surface area contributed by atoms with Gasteiger partial charge >= 0.3 is 6.18 Å². The van der Waals surface area contributed by atoms with Crippen LogP contribution in [-0.4, -0.2) is 87.8 Å². The molecule has 6 rings (SSSR count). The van der Waals surface area contributed by atoms with E-state index in [-0.39, 0.29) is 10.9 Å². The van der Waals surface area contributed by atoms with Gasteiger partial charge in [-0.1, -0.05) is 12.6 Å². The summed E-state index contributed by atoms with van der Waals surface area (Å²) in [4.78, 5) is 16.4. The van der Waals surface area contributed by atoms with Crippen molar-refractivity contribution in [3.63, 3.8) is 0 Å². The third kappa shape index (κ3) is 6.55. The number of piperazine rings is 1.